The van der Waals surface area contributed by atoms with Gasteiger partial charge < -0.3 is 0 Å². The molecule has 0 aromatic heterocycles. The van der Waals surface area contributed by atoms with Crippen molar-refractivity contribution < 1.29 is 14.4 Å². The Balaban J connectivity index is 2.22. The molecule has 0 N–H and O–H groups in total. The number of amides is 2. The molecule has 5 heteroatoms. The minimum Gasteiger partial charge on any atom is -0.295 e. The van der Waals surface area contributed by atoms with Crippen LogP contribution in [0.15, 0.2) is 24.3 Å². The molecule has 20 heavy (non-hydrogen) atoms. The minimum atomic E-state index is -0.296. The number of Topliss-reactive ketones (excluding diaryl/α,β-unsaturated/α-hetero) is 1. The fraction of sp³-hybridized carbons (Fsp3) is 0.400. The predicted molar refractivity (Wildman–Crippen MR) is 80.1 cm³/mol. The number of anilines is 1. The number of carbonyl (C=O) groups is 3. The van der Waals surface area contributed by atoms with Crippen LogP contribution in [0, 0.1) is 0 Å². The van der Waals surface area contributed by atoms with Crippen LogP contribution in [0.4, 0.5) is 5.69 Å². The van der Waals surface area contributed by atoms with Gasteiger partial charge in [-0.15, -0.1) is 11.8 Å². The third kappa shape index (κ3) is 2.93. The number of benzene rings is 1. The molecular formula is C15H17NO3S. The van der Waals surface area contributed by atoms with Gasteiger partial charge in [-0.1, -0.05) is 13.8 Å². The Bertz CT molecular complexity index is 551. The van der Waals surface area contributed by atoms with Crippen LogP contribution in [0.1, 0.15) is 37.6 Å². The Hall–Kier alpha value is -1.62. The fourth-order valence-corrected chi connectivity index (χ4v) is 3.27. The second-order valence-corrected chi connectivity index (χ2v) is 6.83. The molecule has 0 spiro atoms. The summed E-state index contributed by atoms with van der Waals surface area (Å²) in [7, 11) is 0. The third-order valence-electron chi connectivity index (χ3n) is 3.07. The average molecular weight is 291 g/mol. The van der Waals surface area contributed by atoms with Crippen LogP contribution >= 0.6 is 11.8 Å². The molecule has 1 aromatic carbocycles. The lowest BCUT2D eigenvalue weighted by Gasteiger charge is -2.15. The highest BCUT2D eigenvalue weighted by molar-refractivity contribution is 8.01. The SMILES string of the molecule is CC(=O)c1ccc(N2C(=O)CC(SC(C)C)C2=O)cc1. The molecule has 0 saturated carbocycles. The summed E-state index contributed by atoms with van der Waals surface area (Å²) in [6.45, 7) is 5.50. The Morgan fingerprint density at radius 3 is 2.35 bits per heavy atom. The van der Waals surface area contributed by atoms with E-state index in [-0.39, 0.29) is 29.3 Å². The third-order valence-corrected chi connectivity index (χ3v) is 4.31. The second-order valence-electron chi connectivity index (χ2n) is 5.05. The fourth-order valence-electron chi connectivity index (χ4n) is 2.16. The summed E-state index contributed by atoms with van der Waals surface area (Å²) < 4.78 is 0. The van der Waals surface area contributed by atoms with E-state index >= 15 is 0 Å². The molecule has 1 aromatic rings. The van der Waals surface area contributed by atoms with Crippen LogP contribution in [-0.4, -0.2) is 28.1 Å². The first-order valence-corrected chi connectivity index (χ1v) is 7.47. The number of hydrogen-bond donors (Lipinski definition) is 0. The Kier molecular flexibility index (Phi) is 4.28. The molecule has 2 amide bonds. The lowest BCUT2D eigenvalue weighted by atomic mass is 10.1. The first-order valence-electron chi connectivity index (χ1n) is 6.53. The first kappa shape index (κ1) is 14.8. The normalized spacial score (nSPS) is 19.0. The summed E-state index contributed by atoms with van der Waals surface area (Å²) in [4.78, 5) is 36.8. The second kappa shape index (κ2) is 5.79. The summed E-state index contributed by atoms with van der Waals surface area (Å²) >= 11 is 1.51. The van der Waals surface area contributed by atoms with Gasteiger partial charge in [0.1, 0.15) is 0 Å². The summed E-state index contributed by atoms with van der Waals surface area (Å²) in [5, 5.41) is 0.00627. The summed E-state index contributed by atoms with van der Waals surface area (Å²) in [6.07, 6.45) is 0.246. The maximum Gasteiger partial charge on any atom is 0.247 e. The van der Waals surface area contributed by atoms with Crippen molar-refractivity contribution in [2.75, 3.05) is 4.90 Å². The molecule has 4 nitrogen and oxygen atoms in total. The van der Waals surface area contributed by atoms with Crippen LogP contribution in [-0.2, 0) is 9.59 Å². The molecule has 2 rings (SSSR count). The number of imide groups is 1. The summed E-state index contributed by atoms with van der Waals surface area (Å²) in [6, 6.07) is 6.58. The van der Waals surface area contributed by atoms with Crippen LogP contribution in [0.25, 0.3) is 0 Å². The van der Waals surface area contributed by atoms with E-state index in [1.807, 2.05) is 13.8 Å². The zero-order valence-electron chi connectivity index (χ0n) is 11.8. The average Bonchev–Trinajstić information content (AvgIpc) is 2.64. The van der Waals surface area contributed by atoms with E-state index in [1.165, 1.54) is 23.6 Å². The lowest BCUT2D eigenvalue weighted by Crippen LogP contribution is -2.31. The minimum absolute atomic E-state index is 0.0381. The number of hydrogen-bond acceptors (Lipinski definition) is 4. The quantitative estimate of drug-likeness (QED) is 0.632. The summed E-state index contributed by atoms with van der Waals surface area (Å²) in [5.41, 5.74) is 1.11. The molecule has 1 aliphatic heterocycles. The number of nitrogens with zero attached hydrogens (tertiary/aromatic N) is 1. The standard InChI is InChI=1S/C15H17NO3S/c1-9(2)20-13-8-14(18)16(15(13)19)12-6-4-11(5-7-12)10(3)17/h4-7,9,13H,8H2,1-3H3. The number of thioether (sulfide) groups is 1. The molecule has 1 unspecified atom stereocenters. The van der Waals surface area contributed by atoms with E-state index in [1.54, 1.807) is 24.3 Å². The maximum atomic E-state index is 12.3. The highest BCUT2D eigenvalue weighted by Gasteiger charge is 2.40. The van der Waals surface area contributed by atoms with Crippen LogP contribution in [0.5, 0.6) is 0 Å². The molecule has 1 atom stereocenters. The Morgan fingerprint density at radius 2 is 1.85 bits per heavy atom. The van der Waals surface area contributed by atoms with Crippen molar-refractivity contribution in [1.82, 2.24) is 0 Å². The number of carbonyl (C=O) groups excluding carboxylic acids is 3. The van der Waals surface area contributed by atoms with Gasteiger partial charge in [-0.05, 0) is 36.4 Å². The summed E-state index contributed by atoms with van der Waals surface area (Å²) in [5.74, 6) is -0.378. The number of ketones is 1. The highest BCUT2D eigenvalue weighted by Crippen LogP contribution is 2.31. The van der Waals surface area contributed by atoms with E-state index in [9.17, 15) is 14.4 Å². The monoisotopic (exact) mass is 291 g/mol. The molecule has 0 radical (unpaired) electrons. The van der Waals surface area contributed by atoms with Gasteiger partial charge in [0.25, 0.3) is 0 Å². The van der Waals surface area contributed by atoms with Gasteiger partial charge in [0.05, 0.1) is 10.9 Å². The van der Waals surface area contributed by atoms with E-state index in [4.69, 9.17) is 0 Å². The molecule has 1 heterocycles. The van der Waals surface area contributed by atoms with Crippen molar-refractivity contribution in [1.29, 1.82) is 0 Å². The van der Waals surface area contributed by atoms with Gasteiger partial charge >= 0.3 is 0 Å². The van der Waals surface area contributed by atoms with E-state index < -0.39 is 0 Å². The van der Waals surface area contributed by atoms with Gasteiger partial charge in [0.15, 0.2) is 5.78 Å². The molecule has 1 fully saturated rings. The zero-order valence-corrected chi connectivity index (χ0v) is 12.6. The topological polar surface area (TPSA) is 54.5 Å². The molecule has 0 aliphatic carbocycles. The molecule has 0 bridgehead atoms. The van der Waals surface area contributed by atoms with Gasteiger partial charge in [0, 0.05) is 12.0 Å². The largest absolute Gasteiger partial charge is 0.295 e. The van der Waals surface area contributed by atoms with Gasteiger partial charge in [-0.3, -0.25) is 14.4 Å². The Morgan fingerprint density at radius 1 is 1.25 bits per heavy atom. The molecule has 1 saturated heterocycles. The van der Waals surface area contributed by atoms with Gasteiger partial charge in [-0.25, -0.2) is 4.90 Å². The van der Waals surface area contributed by atoms with Crippen molar-refractivity contribution in [3.05, 3.63) is 29.8 Å². The van der Waals surface area contributed by atoms with Crippen molar-refractivity contribution in [3.8, 4) is 0 Å². The predicted octanol–water partition coefficient (Wildman–Crippen LogP) is 2.66. The lowest BCUT2D eigenvalue weighted by molar-refractivity contribution is -0.121. The van der Waals surface area contributed by atoms with Crippen LogP contribution < -0.4 is 4.90 Å². The number of rotatable bonds is 4. The van der Waals surface area contributed by atoms with E-state index in [2.05, 4.69) is 0 Å². The van der Waals surface area contributed by atoms with Crippen molar-refractivity contribution >= 4 is 35.0 Å². The molecule has 1 aliphatic rings. The Labute approximate surface area is 122 Å². The molecular weight excluding hydrogens is 274 g/mol. The first-order chi connectivity index (χ1) is 9.40. The zero-order chi connectivity index (χ0) is 14.9. The van der Waals surface area contributed by atoms with Gasteiger partial charge in [0.2, 0.25) is 11.8 Å². The van der Waals surface area contributed by atoms with E-state index in [0.29, 0.717) is 16.5 Å². The smallest absolute Gasteiger partial charge is 0.247 e. The van der Waals surface area contributed by atoms with Gasteiger partial charge in [-0.2, -0.15) is 0 Å². The highest BCUT2D eigenvalue weighted by atomic mass is 32.2. The maximum absolute atomic E-state index is 12.3. The van der Waals surface area contributed by atoms with Crippen molar-refractivity contribution in [2.45, 2.75) is 37.7 Å². The van der Waals surface area contributed by atoms with Crippen LogP contribution in [0.2, 0.25) is 0 Å². The van der Waals surface area contributed by atoms with Crippen LogP contribution in [0.3, 0.4) is 0 Å². The molecule has 106 valence electrons. The van der Waals surface area contributed by atoms with Crippen molar-refractivity contribution in [2.24, 2.45) is 0 Å². The van der Waals surface area contributed by atoms with Crippen molar-refractivity contribution in [3.63, 3.8) is 0 Å². The van der Waals surface area contributed by atoms with E-state index in [0.717, 1.165) is 0 Å².